The fourth-order valence-corrected chi connectivity index (χ4v) is 3.79. The highest BCUT2D eigenvalue weighted by Gasteiger charge is 2.29. The Bertz CT molecular complexity index is 352. The molecule has 1 unspecified atom stereocenters. The Morgan fingerprint density at radius 1 is 1.33 bits per heavy atom. The summed E-state index contributed by atoms with van der Waals surface area (Å²) in [4.78, 5) is 6.75. The van der Waals surface area contributed by atoms with Crippen molar-refractivity contribution in [3.8, 4) is 0 Å². The minimum atomic E-state index is 0.857. The zero-order valence-electron chi connectivity index (χ0n) is 11.0. The van der Waals surface area contributed by atoms with Crippen LogP contribution in [0.4, 0.5) is 0 Å². The molecule has 100 valence electrons. The number of hydrogen-bond acceptors (Lipinski definition) is 4. The van der Waals surface area contributed by atoms with Gasteiger partial charge in [0, 0.05) is 50.2 Å². The second-order valence-corrected chi connectivity index (χ2v) is 6.42. The number of hydrogen-bond donors (Lipinski definition) is 1. The molecule has 2 aliphatic rings. The van der Waals surface area contributed by atoms with Crippen LogP contribution in [0, 0.1) is 0 Å². The number of nitrogens with one attached hydrogen (secondary N) is 1. The lowest BCUT2D eigenvalue weighted by atomic mass is 10.1. The summed E-state index contributed by atoms with van der Waals surface area (Å²) >= 11 is 1.84. The minimum Gasteiger partial charge on any atom is -0.311 e. The molecule has 0 saturated carbocycles. The molecule has 0 aromatic carbocycles. The summed E-state index contributed by atoms with van der Waals surface area (Å²) in [6.07, 6.45) is 2.83. The Hall–Kier alpha value is -0.420. The van der Waals surface area contributed by atoms with Gasteiger partial charge in [0.2, 0.25) is 0 Å². The van der Waals surface area contributed by atoms with E-state index in [0.717, 1.165) is 19.1 Å². The molecule has 3 nitrogen and oxygen atoms in total. The number of nitrogens with zero attached hydrogens (tertiary/aromatic N) is 2. The molecule has 1 atom stereocenters. The molecule has 2 saturated heterocycles. The van der Waals surface area contributed by atoms with E-state index in [1.807, 2.05) is 11.3 Å². The summed E-state index contributed by atoms with van der Waals surface area (Å²) in [5.74, 6) is 0. The molecule has 0 bridgehead atoms. The molecule has 3 rings (SSSR count). The second-order valence-electron chi connectivity index (χ2n) is 5.39. The Kier molecular flexibility index (Phi) is 4.31. The molecule has 0 radical (unpaired) electrons. The van der Waals surface area contributed by atoms with E-state index >= 15 is 0 Å². The summed E-state index contributed by atoms with van der Waals surface area (Å²) in [5.41, 5.74) is 0. The van der Waals surface area contributed by atoms with Crippen LogP contribution in [0.3, 0.4) is 0 Å². The van der Waals surface area contributed by atoms with Crippen molar-refractivity contribution in [1.29, 1.82) is 0 Å². The molecule has 4 heteroatoms. The Labute approximate surface area is 114 Å². The Balaban J connectivity index is 1.34. The molecule has 18 heavy (non-hydrogen) atoms. The SMILES string of the molecule is c1csc(CNCCN2CCN3CCCC3C2)c1. The average molecular weight is 265 g/mol. The van der Waals surface area contributed by atoms with Crippen LogP contribution in [-0.4, -0.2) is 55.1 Å². The number of fused-ring (bicyclic) bond motifs is 1. The van der Waals surface area contributed by atoms with Crippen molar-refractivity contribution in [2.45, 2.75) is 25.4 Å². The molecule has 1 aromatic heterocycles. The lowest BCUT2D eigenvalue weighted by Crippen LogP contribution is -2.51. The third kappa shape index (κ3) is 3.12. The third-order valence-electron chi connectivity index (χ3n) is 4.16. The fourth-order valence-electron chi connectivity index (χ4n) is 3.12. The van der Waals surface area contributed by atoms with Crippen LogP contribution in [0.15, 0.2) is 17.5 Å². The number of piperazine rings is 1. The van der Waals surface area contributed by atoms with E-state index in [2.05, 4.69) is 32.6 Å². The monoisotopic (exact) mass is 265 g/mol. The lowest BCUT2D eigenvalue weighted by Gasteiger charge is -2.37. The van der Waals surface area contributed by atoms with Gasteiger partial charge in [-0.1, -0.05) is 6.07 Å². The summed E-state index contributed by atoms with van der Waals surface area (Å²) in [5, 5.41) is 5.70. The molecular weight excluding hydrogens is 242 g/mol. The van der Waals surface area contributed by atoms with Gasteiger partial charge in [-0.2, -0.15) is 0 Å². The zero-order valence-corrected chi connectivity index (χ0v) is 11.8. The van der Waals surface area contributed by atoms with Crippen molar-refractivity contribution in [2.75, 3.05) is 39.3 Å². The van der Waals surface area contributed by atoms with Gasteiger partial charge in [0.05, 0.1) is 0 Å². The van der Waals surface area contributed by atoms with Crippen LogP contribution < -0.4 is 5.32 Å². The summed E-state index contributed by atoms with van der Waals surface area (Å²) in [7, 11) is 0. The molecule has 3 heterocycles. The highest BCUT2D eigenvalue weighted by molar-refractivity contribution is 7.09. The number of rotatable bonds is 5. The van der Waals surface area contributed by atoms with Crippen LogP contribution in [0.25, 0.3) is 0 Å². The van der Waals surface area contributed by atoms with E-state index in [0.29, 0.717) is 0 Å². The topological polar surface area (TPSA) is 18.5 Å². The first kappa shape index (κ1) is 12.6. The normalized spacial score (nSPS) is 25.4. The predicted molar refractivity (Wildman–Crippen MR) is 77.1 cm³/mol. The van der Waals surface area contributed by atoms with Crippen molar-refractivity contribution in [2.24, 2.45) is 0 Å². The van der Waals surface area contributed by atoms with E-state index in [-0.39, 0.29) is 0 Å². The van der Waals surface area contributed by atoms with Crippen molar-refractivity contribution < 1.29 is 0 Å². The quantitative estimate of drug-likeness (QED) is 0.816. The summed E-state index contributed by atoms with van der Waals surface area (Å²) in [6, 6.07) is 5.19. The molecule has 1 N–H and O–H groups in total. The zero-order chi connectivity index (χ0) is 12.2. The molecule has 0 spiro atoms. The van der Waals surface area contributed by atoms with Gasteiger partial charge in [0.25, 0.3) is 0 Å². The number of thiophene rings is 1. The van der Waals surface area contributed by atoms with E-state index in [1.54, 1.807) is 0 Å². The van der Waals surface area contributed by atoms with Crippen molar-refractivity contribution >= 4 is 11.3 Å². The molecule has 2 fully saturated rings. The smallest absolute Gasteiger partial charge is 0.0300 e. The van der Waals surface area contributed by atoms with Gasteiger partial charge in [0.15, 0.2) is 0 Å². The third-order valence-corrected chi connectivity index (χ3v) is 5.03. The highest BCUT2D eigenvalue weighted by atomic mass is 32.1. The van der Waals surface area contributed by atoms with Crippen LogP contribution >= 0.6 is 11.3 Å². The highest BCUT2D eigenvalue weighted by Crippen LogP contribution is 2.20. The van der Waals surface area contributed by atoms with Gasteiger partial charge in [-0.25, -0.2) is 0 Å². The largest absolute Gasteiger partial charge is 0.311 e. The van der Waals surface area contributed by atoms with Crippen molar-refractivity contribution in [1.82, 2.24) is 15.1 Å². The van der Waals surface area contributed by atoms with Crippen LogP contribution in [0.5, 0.6) is 0 Å². The van der Waals surface area contributed by atoms with Gasteiger partial charge in [-0.15, -0.1) is 11.3 Å². The molecule has 2 aliphatic heterocycles. The summed E-state index contributed by atoms with van der Waals surface area (Å²) in [6.45, 7) is 8.53. The first-order valence-corrected chi connectivity index (χ1v) is 7.99. The first-order valence-electron chi connectivity index (χ1n) is 7.11. The first-order chi connectivity index (χ1) is 8.92. The predicted octanol–water partition coefficient (Wildman–Crippen LogP) is 1.62. The maximum absolute atomic E-state index is 3.55. The lowest BCUT2D eigenvalue weighted by molar-refractivity contribution is 0.105. The molecule has 1 aromatic rings. The standard InChI is InChI=1S/C14H23N3S/c1-3-13-12-16(8-9-17(13)6-1)7-5-15-11-14-4-2-10-18-14/h2,4,10,13,15H,1,3,5-9,11-12H2. The molecule has 0 aliphatic carbocycles. The van der Waals surface area contributed by atoms with Crippen molar-refractivity contribution in [3.05, 3.63) is 22.4 Å². The van der Waals surface area contributed by atoms with Gasteiger partial charge in [0.1, 0.15) is 0 Å². The van der Waals surface area contributed by atoms with Crippen LogP contribution in [-0.2, 0) is 6.54 Å². The molecule has 0 amide bonds. The van der Waals surface area contributed by atoms with Crippen LogP contribution in [0.1, 0.15) is 17.7 Å². The fraction of sp³-hybridized carbons (Fsp3) is 0.714. The van der Waals surface area contributed by atoms with Gasteiger partial charge in [-0.05, 0) is 30.8 Å². The van der Waals surface area contributed by atoms with Crippen molar-refractivity contribution in [3.63, 3.8) is 0 Å². The summed E-state index contributed by atoms with van der Waals surface area (Å²) < 4.78 is 0. The Morgan fingerprint density at radius 3 is 3.22 bits per heavy atom. The van der Waals surface area contributed by atoms with Gasteiger partial charge < -0.3 is 5.32 Å². The van der Waals surface area contributed by atoms with Crippen LogP contribution in [0.2, 0.25) is 0 Å². The maximum Gasteiger partial charge on any atom is 0.0300 e. The van der Waals surface area contributed by atoms with E-state index in [1.165, 1.54) is 50.4 Å². The minimum absolute atomic E-state index is 0.857. The second kappa shape index (κ2) is 6.15. The van der Waals surface area contributed by atoms with E-state index in [4.69, 9.17) is 0 Å². The average Bonchev–Trinajstić information content (AvgIpc) is 3.05. The van der Waals surface area contributed by atoms with Gasteiger partial charge >= 0.3 is 0 Å². The maximum atomic E-state index is 3.55. The Morgan fingerprint density at radius 2 is 2.33 bits per heavy atom. The van der Waals surface area contributed by atoms with Gasteiger partial charge in [-0.3, -0.25) is 9.80 Å². The van der Waals surface area contributed by atoms with E-state index in [9.17, 15) is 0 Å². The van der Waals surface area contributed by atoms with E-state index < -0.39 is 0 Å². The molecular formula is C14H23N3S.